The van der Waals surface area contributed by atoms with Gasteiger partial charge in [0.05, 0.1) is 0 Å². The molecule has 0 spiro atoms. The molecular weight excluding hydrogens is 373 g/mol. The van der Waals surface area contributed by atoms with Crippen LogP contribution in [0.15, 0.2) is 54.2 Å². The zero-order valence-electron chi connectivity index (χ0n) is 14.2. The number of aromatic nitrogens is 5. The average molecular weight is 389 g/mol. The topological polar surface area (TPSA) is 97.1 Å². The molecule has 27 heavy (non-hydrogen) atoms. The van der Waals surface area contributed by atoms with Gasteiger partial charge in [0.2, 0.25) is 10.0 Å². The minimum Gasteiger partial charge on any atom is -0.354 e. The number of benzene rings is 1. The van der Waals surface area contributed by atoms with Gasteiger partial charge in [-0.3, -0.25) is 0 Å². The highest BCUT2D eigenvalue weighted by Crippen LogP contribution is 2.22. The van der Waals surface area contributed by atoms with Crippen molar-refractivity contribution < 1.29 is 12.8 Å². The number of hydrogen-bond donors (Lipinski definition) is 0. The number of nitrogens with zero attached hydrogens (tertiary/aromatic N) is 7. The van der Waals surface area contributed by atoms with Crippen molar-refractivity contribution >= 4 is 15.8 Å². The number of sulfonamides is 1. The first-order chi connectivity index (χ1) is 13.1. The van der Waals surface area contributed by atoms with E-state index in [1.807, 2.05) is 4.90 Å². The summed E-state index contributed by atoms with van der Waals surface area (Å²) in [7, 11) is -3.87. The third kappa shape index (κ3) is 3.38. The summed E-state index contributed by atoms with van der Waals surface area (Å²) >= 11 is 0. The van der Waals surface area contributed by atoms with Crippen molar-refractivity contribution in [2.45, 2.75) is 4.90 Å². The highest BCUT2D eigenvalue weighted by Gasteiger charge is 2.30. The lowest BCUT2D eigenvalue weighted by Crippen LogP contribution is -2.49. The third-order valence-electron chi connectivity index (χ3n) is 4.31. The Kier molecular flexibility index (Phi) is 4.54. The van der Waals surface area contributed by atoms with Crippen LogP contribution in [0.5, 0.6) is 0 Å². The molecule has 1 aromatic carbocycles. The maximum absolute atomic E-state index is 13.9. The fourth-order valence-electron chi connectivity index (χ4n) is 2.91. The van der Waals surface area contributed by atoms with Crippen molar-refractivity contribution in [2.75, 3.05) is 31.1 Å². The molecule has 3 aromatic rings. The average Bonchev–Trinajstić information content (AvgIpc) is 3.23. The van der Waals surface area contributed by atoms with E-state index >= 15 is 0 Å². The summed E-state index contributed by atoms with van der Waals surface area (Å²) < 4.78 is 42.1. The van der Waals surface area contributed by atoms with Gasteiger partial charge < -0.3 is 4.90 Å². The molecule has 3 heterocycles. The fraction of sp³-hybridized carbons (Fsp3) is 0.250. The molecule has 1 aliphatic heterocycles. The molecular formula is C16H16FN7O2S. The van der Waals surface area contributed by atoms with Gasteiger partial charge in [-0.2, -0.15) is 9.40 Å². The van der Waals surface area contributed by atoms with Crippen LogP contribution in [0.25, 0.3) is 5.82 Å². The van der Waals surface area contributed by atoms with E-state index in [1.165, 1.54) is 46.2 Å². The molecule has 0 amide bonds. The first-order valence-electron chi connectivity index (χ1n) is 8.22. The van der Waals surface area contributed by atoms with E-state index in [0.717, 1.165) is 6.07 Å². The molecule has 2 aromatic heterocycles. The number of anilines is 1. The van der Waals surface area contributed by atoms with E-state index in [0.29, 0.717) is 24.7 Å². The van der Waals surface area contributed by atoms with Crippen molar-refractivity contribution in [3.8, 4) is 5.82 Å². The SMILES string of the molecule is O=S(=O)(c1ccccc1F)N1CCN(c2cc(-n3cncn3)ncn2)CC1. The van der Waals surface area contributed by atoms with Crippen molar-refractivity contribution in [2.24, 2.45) is 0 Å². The molecule has 9 nitrogen and oxygen atoms in total. The lowest BCUT2D eigenvalue weighted by Gasteiger charge is -2.34. The molecule has 0 atom stereocenters. The van der Waals surface area contributed by atoms with E-state index in [9.17, 15) is 12.8 Å². The van der Waals surface area contributed by atoms with Crippen molar-refractivity contribution in [3.05, 3.63) is 55.1 Å². The molecule has 1 aliphatic rings. The van der Waals surface area contributed by atoms with Crippen LogP contribution in [0.4, 0.5) is 10.2 Å². The summed E-state index contributed by atoms with van der Waals surface area (Å²) in [6, 6.07) is 7.17. The second-order valence-corrected chi connectivity index (χ2v) is 7.80. The molecule has 0 bridgehead atoms. The Morgan fingerprint density at radius 2 is 1.70 bits per heavy atom. The minimum atomic E-state index is -3.87. The minimum absolute atomic E-state index is 0.235. The van der Waals surface area contributed by atoms with Gasteiger partial charge in [0.1, 0.15) is 35.5 Å². The summed E-state index contributed by atoms with van der Waals surface area (Å²) in [6.07, 6.45) is 4.37. The maximum Gasteiger partial charge on any atom is 0.246 e. The monoisotopic (exact) mass is 389 g/mol. The van der Waals surface area contributed by atoms with E-state index in [1.54, 1.807) is 6.07 Å². The summed E-state index contributed by atoms with van der Waals surface area (Å²) in [5, 5.41) is 4.03. The van der Waals surface area contributed by atoms with Crippen molar-refractivity contribution in [1.82, 2.24) is 29.0 Å². The smallest absolute Gasteiger partial charge is 0.246 e. The van der Waals surface area contributed by atoms with Crippen LogP contribution in [0.2, 0.25) is 0 Å². The third-order valence-corrected chi connectivity index (χ3v) is 6.24. The Morgan fingerprint density at radius 3 is 2.41 bits per heavy atom. The van der Waals surface area contributed by atoms with Gasteiger partial charge >= 0.3 is 0 Å². The first-order valence-corrected chi connectivity index (χ1v) is 9.66. The molecule has 11 heteroatoms. The highest BCUT2D eigenvalue weighted by molar-refractivity contribution is 7.89. The molecule has 1 saturated heterocycles. The number of rotatable bonds is 4. The van der Waals surface area contributed by atoms with Crippen LogP contribution in [0.1, 0.15) is 0 Å². The summed E-state index contributed by atoms with van der Waals surface area (Å²) in [4.78, 5) is 14.0. The molecule has 0 radical (unpaired) electrons. The van der Waals surface area contributed by atoms with Crippen LogP contribution >= 0.6 is 0 Å². The summed E-state index contributed by atoms with van der Waals surface area (Å²) in [5.74, 6) is 0.491. The van der Waals surface area contributed by atoms with E-state index in [2.05, 4.69) is 20.1 Å². The lowest BCUT2D eigenvalue weighted by atomic mass is 10.3. The number of hydrogen-bond acceptors (Lipinski definition) is 7. The lowest BCUT2D eigenvalue weighted by molar-refractivity contribution is 0.381. The van der Waals surface area contributed by atoms with Gasteiger partial charge in [0.15, 0.2) is 5.82 Å². The van der Waals surface area contributed by atoms with Crippen LogP contribution in [0.3, 0.4) is 0 Å². The highest BCUT2D eigenvalue weighted by atomic mass is 32.2. The van der Waals surface area contributed by atoms with Crippen LogP contribution in [0, 0.1) is 5.82 Å². The van der Waals surface area contributed by atoms with Crippen LogP contribution < -0.4 is 4.90 Å². The first kappa shape index (κ1) is 17.5. The largest absolute Gasteiger partial charge is 0.354 e. The van der Waals surface area contributed by atoms with Gasteiger partial charge in [-0.05, 0) is 12.1 Å². The molecule has 4 rings (SSSR count). The number of piperazine rings is 1. The van der Waals surface area contributed by atoms with Crippen molar-refractivity contribution in [1.29, 1.82) is 0 Å². The Bertz CT molecular complexity index is 1030. The van der Waals surface area contributed by atoms with Gasteiger partial charge in [-0.25, -0.2) is 32.4 Å². The molecule has 0 saturated carbocycles. The fourth-order valence-corrected chi connectivity index (χ4v) is 4.40. The normalized spacial score (nSPS) is 15.8. The molecule has 140 valence electrons. The molecule has 0 aliphatic carbocycles. The summed E-state index contributed by atoms with van der Waals surface area (Å²) in [5.41, 5.74) is 0. The van der Waals surface area contributed by atoms with Crippen LogP contribution in [-0.2, 0) is 10.0 Å². The van der Waals surface area contributed by atoms with E-state index < -0.39 is 15.8 Å². The van der Waals surface area contributed by atoms with Gasteiger partial charge in [-0.15, -0.1) is 0 Å². The molecule has 1 fully saturated rings. The predicted octanol–water partition coefficient (Wildman–Crippen LogP) is 0.707. The van der Waals surface area contributed by atoms with E-state index in [4.69, 9.17) is 0 Å². The van der Waals surface area contributed by atoms with Crippen LogP contribution in [-0.4, -0.2) is 63.6 Å². The molecule has 0 N–H and O–H groups in total. The Labute approximate surface area is 155 Å². The Morgan fingerprint density at radius 1 is 0.963 bits per heavy atom. The zero-order chi connectivity index (χ0) is 18.9. The summed E-state index contributed by atoms with van der Waals surface area (Å²) in [6.45, 7) is 1.33. The predicted molar refractivity (Wildman–Crippen MR) is 94.3 cm³/mol. The number of halogens is 1. The Hall–Kier alpha value is -2.92. The van der Waals surface area contributed by atoms with Gasteiger partial charge in [0.25, 0.3) is 0 Å². The zero-order valence-corrected chi connectivity index (χ0v) is 15.0. The second-order valence-electron chi connectivity index (χ2n) is 5.90. The standard InChI is InChI=1S/C16H16FN7O2S/c17-13-3-1-2-4-14(13)27(25,26)23-7-5-22(6-8-23)15-9-16(20-11-19-15)24-12-18-10-21-24/h1-4,9-12H,5-8H2. The van der Waals surface area contributed by atoms with Gasteiger partial charge in [0, 0.05) is 32.2 Å². The maximum atomic E-state index is 13.9. The second kappa shape index (κ2) is 7.00. The quantitative estimate of drug-likeness (QED) is 0.648. The van der Waals surface area contributed by atoms with Crippen molar-refractivity contribution in [3.63, 3.8) is 0 Å². The van der Waals surface area contributed by atoms with Gasteiger partial charge in [-0.1, -0.05) is 12.1 Å². The Balaban J connectivity index is 1.50. The molecule has 0 unspecified atom stereocenters. The van der Waals surface area contributed by atoms with E-state index in [-0.39, 0.29) is 18.0 Å².